The van der Waals surface area contributed by atoms with E-state index in [1.54, 1.807) is 6.20 Å². The van der Waals surface area contributed by atoms with Crippen molar-refractivity contribution >= 4 is 11.6 Å². The zero-order valence-electron chi connectivity index (χ0n) is 11.5. The highest BCUT2D eigenvalue weighted by atomic mass is 16.1. The molecule has 1 aromatic carbocycles. The third kappa shape index (κ3) is 2.28. The van der Waals surface area contributed by atoms with E-state index < -0.39 is 5.54 Å². The molecule has 0 fully saturated rings. The summed E-state index contributed by atoms with van der Waals surface area (Å²) in [5, 5.41) is 2.82. The summed E-state index contributed by atoms with van der Waals surface area (Å²) >= 11 is 0. The molecule has 0 unspecified atom stereocenters. The summed E-state index contributed by atoms with van der Waals surface area (Å²) in [4.78, 5) is 20.1. The SMILES string of the molecule is CC(C)(N)c1nccc(-c2ccc3c(c2)CC(=O)N3)n1. The lowest BCUT2D eigenvalue weighted by Crippen LogP contribution is -2.31. The van der Waals surface area contributed by atoms with Gasteiger partial charge in [0, 0.05) is 17.4 Å². The van der Waals surface area contributed by atoms with Crippen molar-refractivity contribution in [1.29, 1.82) is 0 Å². The van der Waals surface area contributed by atoms with E-state index in [2.05, 4.69) is 15.3 Å². The molecule has 1 aromatic heterocycles. The molecule has 0 saturated heterocycles. The number of carbonyl (C=O) groups is 1. The van der Waals surface area contributed by atoms with Crippen molar-refractivity contribution in [3.05, 3.63) is 41.9 Å². The number of aromatic nitrogens is 2. The lowest BCUT2D eigenvalue weighted by atomic mass is 10.0. The van der Waals surface area contributed by atoms with Crippen LogP contribution in [0, 0.1) is 0 Å². The molecule has 3 rings (SSSR count). The Bertz CT molecular complexity index is 689. The van der Waals surface area contributed by atoms with Gasteiger partial charge in [0.1, 0.15) is 5.82 Å². The van der Waals surface area contributed by atoms with E-state index in [1.807, 2.05) is 38.1 Å². The van der Waals surface area contributed by atoms with Crippen LogP contribution in [-0.4, -0.2) is 15.9 Å². The first-order chi connectivity index (χ1) is 9.43. The molecule has 5 nitrogen and oxygen atoms in total. The Labute approximate surface area is 117 Å². The fourth-order valence-corrected chi connectivity index (χ4v) is 2.22. The van der Waals surface area contributed by atoms with Crippen LogP contribution in [0.1, 0.15) is 25.2 Å². The maximum Gasteiger partial charge on any atom is 0.228 e. The second kappa shape index (κ2) is 4.38. The zero-order chi connectivity index (χ0) is 14.3. The van der Waals surface area contributed by atoms with Gasteiger partial charge < -0.3 is 11.1 Å². The van der Waals surface area contributed by atoms with E-state index in [1.165, 1.54) is 0 Å². The van der Waals surface area contributed by atoms with Gasteiger partial charge >= 0.3 is 0 Å². The van der Waals surface area contributed by atoms with Crippen LogP contribution in [0.25, 0.3) is 11.3 Å². The summed E-state index contributed by atoms with van der Waals surface area (Å²) in [6.45, 7) is 3.74. The number of hydrogen-bond acceptors (Lipinski definition) is 4. The first-order valence-corrected chi connectivity index (χ1v) is 6.49. The largest absolute Gasteiger partial charge is 0.326 e. The van der Waals surface area contributed by atoms with Crippen molar-refractivity contribution in [3.63, 3.8) is 0 Å². The van der Waals surface area contributed by atoms with Gasteiger partial charge in [0.25, 0.3) is 0 Å². The van der Waals surface area contributed by atoms with Crippen LogP contribution in [0.4, 0.5) is 5.69 Å². The van der Waals surface area contributed by atoms with E-state index >= 15 is 0 Å². The molecule has 5 heteroatoms. The topological polar surface area (TPSA) is 80.9 Å². The van der Waals surface area contributed by atoms with Crippen LogP contribution in [0.15, 0.2) is 30.5 Å². The van der Waals surface area contributed by atoms with Crippen molar-refractivity contribution < 1.29 is 4.79 Å². The summed E-state index contributed by atoms with van der Waals surface area (Å²) in [5.74, 6) is 0.633. The maximum atomic E-state index is 11.4. The summed E-state index contributed by atoms with van der Waals surface area (Å²) in [6, 6.07) is 7.69. The van der Waals surface area contributed by atoms with E-state index in [-0.39, 0.29) is 5.91 Å². The van der Waals surface area contributed by atoms with Crippen LogP contribution in [0.5, 0.6) is 0 Å². The number of rotatable bonds is 2. The number of benzene rings is 1. The van der Waals surface area contributed by atoms with Gasteiger partial charge in [-0.15, -0.1) is 0 Å². The first-order valence-electron chi connectivity index (χ1n) is 6.49. The highest BCUT2D eigenvalue weighted by Crippen LogP contribution is 2.28. The van der Waals surface area contributed by atoms with E-state index in [0.29, 0.717) is 12.2 Å². The quantitative estimate of drug-likeness (QED) is 0.870. The molecule has 2 heterocycles. The number of amides is 1. The predicted octanol–water partition coefficient (Wildman–Crippen LogP) is 1.83. The van der Waals surface area contributed by atoms with Crippen LogP contribution in [0.3, 0.4) is 0 Å². The Balaban J connectivity index is 2.02. The van der Waals surface area contributed by atoms with Crippen LogP contribution >= 0.6 is 0 Å². The molecule has 0 bridgehead atoms. The van der Waals surface area contributed by atoms with E-state index in [4.69, 9.17) is 5.73 Å². The zero-order valence-corrected chi connectivity index (χ0v) is 11.5. The first kappa shape index (κ1) is 12.7. The molecule has 0 atom stereocenters. The molecule has 0 radical (unpaired) electrons. The molecule has 1 amide bonds. The van der Waals surface area contributed by atoms with Gasteiger partial charge in [-0.2, -0.15) is 0 Å². The molecule has 0 spiro atoms. The fourth-order valence-electron chi connectivity index (χ4n) is 2.22. The lowest BCUT2D eigenvalue weighted by molar-refractivity contribution is -0.115. The summed E-state index contributed by atoms with van der Waals surface area (Å²) < 4.78 is 0. The average Bonchev–Trinajstić information content (AvgIpc) is 2.77. The number of carbonyl (C=O) groups excluding carboxylic acids is 1. The number of anilines is 1. The van der Waals surface area contributed by atoms with Gasteiger partial charge in [0.2, 0.25) is 5.91 Å². The standard InChI is InChI=1S/C15H16N4O/c1-15(2,16)14-17-6-5-12(19-14)9-3-4-11-10(7-9)8-13(20)18-11/h3-7H,8,16H2,1-2H3,(H,18,20). The van der Waals surface area contributed by atoms with Crippen molar-refractivity contribution in [3.8, 4) is 11.3 Å². The minimum absolute atomic E-state index is 0.0311. The maximum absolute atomic E-state index is 11.4. The predicted molar refractivity (Wildman–Crippen MR) is 77.0 cm³/mol. The molecule has 20 heavy (non-hydrogen) atoms. The molecular formula is C15H16N4O. The van der Waals surface area contributed by atoms with Gasteiger partial charge in [0.15, 0.2) is 0 Å². The van der Waals surface area contributed by atoms with Crippen LogP contribution in [0.2, 0.25) is 0 Å². The third-order valence-electron chi connectivity index (χ3n) is 3.26. The minimum atomic E-state index is -0.579. The normalized spacial score (nSPS) is 14.1. The summed E-state index contributed by atoms with van der Waals surface area (Å²) in [7, 11) is 0. The van der Waals surface area contributed by atoms with Crippen molar-refractivity contribution in [2.24, 2.45) is 5.73 Å². The monoisotopic (exact) mass is 268 g/mol. The molecule has 0 saturated carbocycles. The molecule has 0 aliphatic carbocycles. The number of nitrogens with one attached hydrogen (secondary N) is 1. The Kier molecular flexibility index (Phi) is 2.79. The molecule has 2 aromatic rings. The smallest absolute Gasteiger partial charge is 0.228 e. The highest BCUT2D eigenvalue weighted by molar-refractivity contribution is 5.99. The second-order valence-corrected chi connectivity index (χ2v) is 5.58. The molecule has 102 valence electrons. The van der Waals surface area contributed by atoms with Gasteiger partial charge in [-0.3, -0.25) is 4.79 Å². The van der Waals surface area contributed by atoms with Crippen LogP contribution in [-0.2, 0) is 16.8 Å². The number of nitrogens with two attached hydrogens (primary N) is 1. The number of hydrogen-bond donors (Lipinski definition) is 2. The Morgan fingerprint density at radius 3 is 2.85 bits per heavy atom. The van der Waals surface area contributed by atoms with Crippen molar-refractivity contribution in [2.75, 3.05) is 5.32 Å². The molecule has 1 aliphatic rings. The second-order valence-electron chi connectivity index (χ2n) is 5.58. The number of nitrogens with zero attached hydrogens (tertiary/aromatic N) is 2. The van der Waals surface area contributed by atoms with E-state index in [9.17, 15) is 4.79 Å². The minimum Gasteiger partial charge on any atom is -0.326 e. The Hall–Kier alpha value is -2.27. The van der Waals surface area contributed by atoms with Gasteiger partial charge in [-0.05, 0) is 37.6 Å². The van der Waals surface area contributed by atoms with Crippen molar-refractivity contribution in [2.45, 2.75) is 25.8 Å². The molecular weight excluding hydrogens is 252 g/mol. The molecule has 3 N–H and O–H groups in total. The van der Waals surface area contributed by atoms with Gasteiger partial charge in [-0.1, -0.05) is 6.07 Å². The van der Waals surface area contributed by atoms with E-state index in [0.717, 1.165) is 22.5 Å². The van der Waals surface area contributed by atoms with Crippen LogP contribution < -0.4 is 11.1 Å². The van der Waals surface area contributed by atoms with Gasteiger partial charge in [-0.25, -0.2) is 9.97 Å². The van der Waals surface area contributed by atoms with Crippen molar-refractivity contribution in [1.82, 2.24) is 9.97 Å². The summed E-state index contributed by atoms with van der Waals surface area (Å²) in [6.07, 6.45) is 2.13. The third-order valence-corrected chi connectivity index (χ3v) is 3.26. The molecule has 1 aliphatic heterocycles. The number of fused-ring (bicyclic) bond motifs is 1. The fraction of sp³-hybridized carbons (Fsp3) is 0.267. The van der Waals surface area contributed by atoms with Gasteiger partial charge in [0.05, 0.1) is 17.7 Å². The highest BCUT2D eigenvalue weighted by Gasteiger charge is 2.20. The average molecular weight is 268 g/mol. The summed E-state index contributed by atoms with van der Waals surface area (Å²) in [5.41, 5.74) is 9.12. The Morgan fingerprint density at radius 1 is 1.30 bits per heavy atom. The Morgan fingerprint density at radius 2 is 2.10 bits per heavy atom. The lowest BCUT2D eigenvalue weighted by Gasteiger charge is -2.17.